The fourth-order valence-electron chi connectivity index (χ4n) is 1.63. The molecule has 0 fully saturated rings. The highest BCUT2D eigenvalue weighted by atomic mass is 16.6. The Bertz CT molecular complexity index is 549. The van der Waals surface area contributed by atoms with Gasteiger partial charge >= 0.3 is 11.9 Å². The van der Waals surface area contributed by atoms with Crippen molar-refractivity contribution >= 4 is 11.9 Å². The quantitative estimate of drug-likeness (QED) is 0.686. The van der Waals surface area contributed by atoms with E-state index in [0.717, 1.165) is 0 Å². The Morgan fingerprint density at radius 2 is 1.95 bits per heavy atom. The maximum atomic E-state index is 11.6. The lowest BCUT2D eigenvalue weighted by Crippen LogP contribution is -2.33. The third-order valence-electron chi connectivity index (χ3n) is 2.68. The van der Waals surface area contributed by atoms with Gasteiger partial charge < -0.3 is 24.8 Å². The molecule has 1 heterocycles. The minimum absolute atomic E-state index is 0.297. The van der Waals surface area contributed by atoms with Crippen LogP contribution in [0.1, 0.15) is 10.4 Å². The Morgan fingerprint density at radius 1 is 1.30 bits per heavy atom. The van der Waals surface area contributed by atoms with Crippen molar-refractivity contribution in [3.63, 3.8) is 0 Å². The molecule has 1 aromatic carbocycles. The average molecular weight is 280 g/mol. The van der Waals surface area contributed by atoms with Crippen LogP contribution in [0.4, 0.5) is 0 Å². The summed E-state index contributed by atoms with van der Waals surface area (Å²) >= 11 is 0. The molecule has 0 amide bonds. The Kier molecular flexibility index (Phi) is 3.90. The van der Waals surface area contributed by atoms with Crippen LogP contribution < -0.4 is 0 Å². The van der Waals surface area contributed by atoms with Crippen LogP contribution in [0.3, 0.4) is 0 Å². The average Bonchev–Trinajstić information content (AvgIpc) is 2.73. The first-order chi connectivity index (χ1) is 9.50. The van der Waals surface area contributed by atoms with Gasteiger partial charge in [-0.2, -0.15) is 0 Å². The van der Waals surface area contributed by atoms with Gasteiger partial charge in [0, 0.05) is 0 Å². The Balaban J connectivity index is 1.92. The number of carbonyl (C=O) groups is 2. The summed E-state index contributed by atoms with van der Waals surface area (Å²) in [7, 11) is 0. The fourth-order valence-corrected chi connectivity index (χ4v) is 1.63. The van der Waals surface area contributed by atoms with Gasteiger partial charge in [0.05, 0.1) is 5.56 Å². The van der Waals surface area contributed by atoms with Crippen molar-refractivity contribution in [1.29, 1.82) is 0 Å². The Morgan fingerprint density at radius 3 is 2.50 bits per heavy atom. The first-order valence-electron chi connectivity index (χ1n) is 5.74. The maximum absolute atomic E-state index is 11.6. The zero-order chi connectivity index (χ0) is 14.7. The van der Waals surface area contributed by atoms with Gasteiger partial charge in [-0.1, -0.05) is 18.2 Å². The van der Waals surface area contributed by atoms with E-state index < -0.39 is 42.3 Å². The minimum Gasteiger partial charge on any atom is -0.505 e. The van der Waals surface area contributed by atoms with Crippen molar-refractivity contribution in [2.45, 2.75) is 12.2 Å². The third kappa shape index (κ3) is 2.72. The van der Waals surface area contributed by atoms with Crippen molar-refractivity contribution in [2.75, 3.05) is 6.61 Å². The summed E-state index contributed by atoms with van der Waals surface area (Å²) in [5.41, 5.74) is 0.297. The van der Waals surface area contributed by atoms with E-state index in [2.05, 4.69) is 4.74 Å². The highest BCUT2D eigenvalue weighted by molar-refractivity contribution is 5.89. The number of ether oxygens (including phenoxy) is 2. The molecule has 7 heteroatoms. The molecule has 2 unspecified atom stereocenters. The number of rotatable bonds is 4. The predicted molar refractivity (Wildman–Crippen MR) is 64.9 cm³/mol. The van der Waals surface area contributed by atoms with Crippen molar-refractivity contribution in [3.8, 4) is 0 Å². The van der Waals surface area contributed by atoms with Crippen molar-refractivity contribution < 1.29 is 34.4 Å². The largest absolute Gasteiger partial charge is 0.505 e. The molecule has 0 spiro atoms. The summed E-state index contributed by atoms with van der Waals surface area (Å²) in [6, 6.07) is 8.10. The fraction of sp³-hybridized carbons (Fsp3) is 0.231. The van der Waals surface area contributed by atoms with Crippen LogP contribution in [0.25, 0.3) is 0 Å². The topological polar surface area (TPSA) is 113 Å². The van der Waals surface area contributed by atoms with Gasteiger partial charge in [0.1, 0.15) is 12.7 Å². The van der Waals surface area contributed by atoms with E-state index in [9.17, 15) is 19.8 Å². The van der Waals surface area contributed by atoms with Gasteiger partial charge in [0.15, 0.2) is 11.9 Å². The number of hydrogen-bond acceptors (Lipinski definition) is 7. The standard InChI is InChI=1S/C13H12O7/c14-8(11-9(15)10(16)13(18)20-11)6-19-12(17)7-4-2-1-3-5-7/h1-5,8,11,14-16H,6H2. The van der Waals surface area contributed by atoms with Crippen LogP contribution in [0, 0.1) is 0 Å². The zero-order valence-corrected chi connectivity index (χ0v) is 10.2. The Labute approximate surface area is 113 Å². The maximum Gasteiger partial charge on any atom is 0.377 e. The van der Waals surface area contributed by atoms with Crippen molar-refractivity contribution in [2.24, 2.45) is 0 Å². The number of aliphatic hydroxyl groups is 3. The second-order valence-corrected chi connectivity index (χ2v) is 4.09. The SMILES string of the molecule is O=C1OC(C(O)COC(=O)c2ccccc2)C(O)=C1O. The van der Waals surface area contributed by atoms with Gasteiger partial charge in [-0.05, 0) is 12.1 Å². The lowest BCUT2D eigenvalue weighted by molar-refractivity contribution is -0.147. The van der Waals surface area contributed by atoms with Crippen molar-refractivity contribution in [1.82, 2.24) is 0 Å². The van der Waals surface area contributed by atoms with E-state index in [1.54, 1.807) is 18.2 Å². The molecule has 0 radical (unpaired) electrons. The molecule has 0 saturated carbocycles. The summed E-state index contributed by atoms with van der Waals surface area (Å²) in [6.45, 7) is -0.497. The van der Waals surface area contributed by atoms with Gasteiger partial charge in [-0.25, -0.2) is 9.59 Å². The van der Waals surface area contributed by atoms with E-state index in [0.29, 0.717) is 5.56 Å². The number of esters is 2. The molecule has 106 valence electrons. The van der Waals surface area contributed by atoms with Gasteiger partial charge in [0.25, 0.3) is 0 Å². The lowest BCUT2D eigenvalue weighted by Gasteiger charge is -2.17. The number of benzene rings is 1. The number of cyclic esters (lactones) is 1. The molecule has 3 N–H and O–H groups in total. The van der Waals surface area contributed by atoms with Gasteiger partial charge in [-0.15, -0.1) is 0 Å². The third-order valence-corrected chi connectivity index (χ3v) is 2.68. The number of aliphatic hydroxyl groups excluding tert-OH is 3. The summed E-state index contributed by atoms with van der Waals surface area (Å²) in [6.07, 6.45) is -2.91. The first-order valence-corrected chi connectivity index (χ1v) is 5.74. The molecule has 0 aromatic heterocycles. The van der Waals surface area contributed by atoms with E-state index in [1.165, 1.54) is 12.1 Å². The van der Waals surface area contributed by atoms with Crippen LogP contribution in [-0.4, -0.2) is 46.1 Å². The van der Waals surface area contributed by atoms with Crippen LogP contribution >= 0.6 is 0 Å². The highest BCUT2D eigenvalue weighted by Gasteiger charge is 2.39. The lowest BCUT2D eigenvalue weighted by atomic mass is 10.2. The summed E-state index contributed by atoms with van der Waals surface area (Å²) < 4.78 is 9.36. The molecule has 0 saturated heterocycles. The normalized spacial score (nSPS) is 19.6. The first kappa shape index (κ1) is 13.9. The molecule has 0 bridgehead atoms. The summed E-state index contributed by atoms with van der Waals surface area (Å²) in [5.74, 6) is -3.54. The van der Waals surface area contributed by atoms with E-state index >= 15 is 0 Å². The zero-order valence-electron chi connectivity index (χ0n) is 10.2. The molecule has 2 rings (SSSR count). The van der Waals surface area contributed by atoms with E-state index in [1.807, 2.05) is 0 Å². The van der Waals surface area contributed by atoms with Crippen LogP contribution in [0.15, 0.2) is 41.9 Å². The Hall–Kier alpha value is -2.54. The van der Waals surface area contributed by atoms with Crippen LogP contribution in [0.2, 0.25) is 0 Å². The van der Waals surface area contributed by atoms with E-state index in [4.69, 9.17) is 9.84 Å². The molecule has 0 aliphatic carbocycles. The highest BCUT2D eigenvalue weighted by Crippen LogP contribution is 2.21. The van der Waals surface area contributed by atoms with Crippen molar-refractivity contribution in [3.05, 3.63) is 47.4 Å². The number of hydrogen-bond donors (Lipinski definition) is 3. The molecular weight excluding hydrogens is 268 g/mol. The molecule has 2 atom stereocenters. The molecule has 1 aliphatic heterocycles. The molecule has 1 aromatic rings. The molecular formula is C13H12O7. The summed E-state index contributed by atoms with van der Waals surface area (Å²) in [4.78, 5) is 22.6. The molecule has 7 nitrogen and oxygen atoms in total. The van der Waals surface area contributed by atoms with Crippen LogP contribution in [-0.2, 0) is 14.3 Å². The molecule has 20 heavy (non-hydrogen) atoms. The van der Waals surface area contributed by atoms with E-state index in [-0.39, 0.29) is 0 Å². The van der Waals surface area contributed by atoms with Gasteiger partial charge in [0.2, 0.25) is 5.76 Å². The monoisotopic (exact) mass is 280 g/mol. The summed E-state index contributed by atoms with van der Waals surface area (Å²) in [5, 5.41) is 28.1. The molecule has 1 aliphatic rings. The predicted octanol–water partition coefficient (Wildman–Crippen LogP) is 0.457. The number of carbonyl (C=O) groups excluding carboxylic acids is 2. The smallest absolute Gasteiger partial charge is 0.377 e. The second kappa shape index (κ2) is 5.62. The minimum atomic E-state index is -1.48. The second-order valence-electron chi connectivity index (χ2n) is 4.09. The van der Waals surface area contributed by atoms with Gasteiger partial charge in [-0.3, -0.25) is 0 Å². The van der Waals surface area contributed by atoms with Crippen LogP contribution in [0.5, 0.6) is 0 Å².